The van der Waals surface area contributed by atoms with E-state index in [4.69, 9.17) is 10.8 Å². The maximum Gasteiger partial charge on any atom is 0.326 e. The Kier molecular flexibility index (Phi) is 13.3. The Morgan fingerprint density at radius 3 is 1.76 bits per heavy atom. The van der Waals surface area contributed by atoms with Gasteiger partial charge in [0.05, 0.1) is 6.04 Å². The Hall–Kier alpha value is -3.47. The highest BCUT2D eigenvalue weighted by Crippen LogP contribution is 2.10. The lowest BCUT2D eigenvalue weighted by Gasteiger charge is -2.26. The molecule has 1 aromatic carbocycles. The van der Waals surface area contributed by atoms with Gasteiger partial charge in [-0.05, 0) is 43.1 Å². The second-order valence-electron chi connectivity index (χ2n) is 10.0. The molecule has 11 nitrogen and oxygen atoms in total. The second kappa shape index (κ2) is 15.6. The third-order valence-corrected chi connectivity index (χ3v) is 5.58. The third-order valence-electron chi connectivity index (χ3n) is 5.58. The zero-order valence-corrected chi connectivity index (χ0v) is 21.9. The van der Waals surface area contributed by atoms with Crippen LogP contribution in [0.1, 0.15) is 58.9 Å². The summed E-state index contributed by atoms with van der Waals surface area (Å²) < 4.78 is 0. The van der Waals surface area contributed by atoms with Crippen LogP contribution in [0.4, 0.5) is 0 Å². The van der Waals surface area contributed by atoms with Crippen LogP contribution in [0.2, 0.25) is 0 Å². The number of carboxylic acid groups (broad SMARTS) is 2. The van der Waals surface area contributed by atoms with Crippen LogP contribution in [-0.4, -0.2) is 64.0 Å². The van der Waals surface area contributed by atoms with Gasteiger partial charge in [-0.1, -0.05) is 58.0 Å². The monoisotopic (exact) mass is 520 g/mol. The minimum absolute atomic E-state index is 0.00451. The van der Waals surface area contributed by atoms with Crippen LogP contribution >= 0.6 is 0 Å². The van der Waals surface area contributed by atoms with E-state index < -0.39 is 60.2 Å². The van der Waals surface area contributed by atoms with Crippen LogP contribution in [0.15, 0.2) is 30.3 Å². The summed E-state index contributed by atoms with van der Waals surface area (Å²) >= 11 is 0. The molecule has 1 rings (SSSR count). The Morgan fingerprint density at radius 1 is 0.757 bits per heavy atom. The van der Waals surface area contributed by atoms with Crippen molar-refractivity contribution < 1.29 is 34.2 Å². The van der Waals surface area contributed by atoms with Gasteiger partial charge >= 0.3 is 11.9 Å². The molecule has 0 heterocycles. The number of rotatable bonds is 16. The van der Waals surface area contributed by atoms with Crippen molar-refractivity contribution in [3.05, 3.63) is 35.9 Å². The van der Waals surface area contributed by atoms with E-state index in [-0.39, 0.29) is 37.5 Å². The predicted molar refractivity (Wildman–Crippen MR) is 137 cm³/mol. The van der Waals surface area contributed by atoms with Gasteiger partial charge in [-0.2, -0.15) is 0 Å². The van der Waals surface area contributed by atoms with E-state index in [1.807, 2.05) is 44.2 Å². The molecular formula is C26H40N4O7. The minimum Gasteiger partial charge on any atom is -0.481 e. The molecule has 0 aliphatic rings. The lowest BCUT2D eigenvalue weighted by Crippen LogP contribution is -2.57. The molecule has 0 aliphatic carbocycles. The van der Waals surface area contributed by atoms with E-state index in [1.165, 1.54) is 0 Å². The van der Waals surface area contributed by atoms with Gasteiger partial charge in [-0.25, -0.2) is 4.79 Å². The van der Waals surface area contributed by atoms with Crippen LogP contribution in [0.3, 0.4) is 0 Å². The summed E-state index contributed by atoms with van der Waals surface area (Å²) in [6.45, 7) is 7.31. The summed E-state index contributed by atoms with van der Waals surface area (Å²) in [5.41, 5.74) is 6.91. The summed E-state index contributed by atoms with van der Waals surface area (Å²) in [4.78, 5) is 61.5. The highest BCUT2D eigenvalue weighted by Gasteiger charge is 2.31. The van der Waals surface area contributed by atoms with E-state index in [0.717, 1.165) is 5.56 Å². The maximum absolute atomic E-state index is 13.1. The molecule has 0 aromatic heterocycles. The van der Waals surface area contributed by atoms with Crippen molar-refractivity contribution in [2.75, 3.05) is 0 Å². The highest BCUT2D eigenvalue weighted by atomic mass is 16.4. The van der Waals surface area contributed by atoms with Crippen LogP contribution < -0.4 is 21.7 Å². The van der Waals surface area contributed by atoms with Crippen molar-refractivity contribution in [2.24, 2.45) is 17.6 Å². The van der Waals surface area contributed by atoms with Gasteiger partial charge in [0.25, 0.3) is 0 Å². The van der Waals surface area contributed by atoms with E-state index >= 15 is 0 Å². The minimum atomic E-state index is -1.30. The molecule has 11 heteroatoms. The van der Waals surface area contributed by atoms with E-state index in [9.17, 15) is 29.1 Å². The summed E-state index contributed by atoms with van der Waals surface area (Å²) in [7, 11) is 0. The zero-order valence-electron chi connectivity index (χ0n) is 21.9. The average Bonchev–Trinajstić information content (AvgIpc) is 2.80. The Labute approximate surface area is 217 Å². The van der Waals surface area contributed by atoms with Gasteiger partial charge < -0.3 is 31.9 Å². The number of hydrogen-bond acceptors (Lipinski definition) is 6. The Morgan fingerprint density at radius 2 is 1.24 bits per heavy atom. The SMILES string of the molecule is CC(C)CC(NC(=O)C(CCC(=O)O)NC(=O)C(CC(C)C)NC(=O)C(N)Cc1ccccc1)C(=O)O. The Balaban J connectivity index is 2.99. The van der Waals surface area contributed by atoms with Crippen molar-refractivity contribution in [1.82, 2.24) is 16.0 Å². The van der Waals surface area contributed by atoms with Crippen molar-refractivity contribution >= 4 is 29.7 Å². The number of hydrogen-bond donors (Lipinski definition) is 6. The molecule has 0 saturated carbocycles. The van der Waals surface area contributed by atoms with Crippen LogP contribution in [0, 0.1) is 11.8 Å². The average molecular weight is 521 g/mol. The fraction of sp³-hybridized carbons (Fsp3) is 0.577. The molecular weight excluding hydrogens is 480 g/mol. The first kappa shape index (κ1) is 31.6. The van der Waals surface area contributed by atoms with Crippen molar-refractivity contribution in [1.29, 1.82) is 0 Å². The van der Waals surface area contributed by atoms with Gasteiger partial charge in [0.2, 0.25) is 17.7 Å². The number of nitrogens with two attached hydrogens (primary N) is 1. The topological polar surface area (TPSA) is 188 Å². The molecule has 4 atom stereocenters. The molecule has 4 unspecified atom stereocenters. The van der Waals surface area contributed by atoms with Gasteiger partial charge in [0, 0.05) is 6.42 Å². The molecule has 0 radical (unpaired) electrons. The molecule has 0 saturated heterocycles. The van der Waals surface area contributed by atoms with E-state index in [0.29, 0.717) is 0 Å². The first-order valence-electron chi connectivity index (χ1n) is 12.4. The van der Waals surface area contributed by atoms with Crippen LogP contribution in [-0.2, 0) is 30.4 Å². The van der Waals surface area contributed by atoms with Gasteiger partial charge in [-0.3, -0.25) is 19.2 Å². The first-order valence-corrected chi connectivity index (χ1v) is 12.4. The first-order chi connectivity index (χ1) is 17.3. The second-order valence-corrected chi connectivity index (χ2v) is 10.0. The fourth-order valence-corrected chi connectivity index (χ4v) is 3.72. The van der Waals surface area contributed by atoms with Crippen LogP contribution in [0.5, 0.6) is 0 Å². The molecule has 206 valence electrons. The molecule has 0 bridgehead atoms. The van der Waals surface area contributed by atoms with Gasteiger partial charge in [0.1, 0.15) is 18.1 Å². The smallest absolute Gasteiger partial charge is 0.326 e. The number of aliphatic carboxylic acids is 2. The van der Waals surface area contributed by atoms with Crippen molar-refractivity contribution in [3.8, 4) is 0 Å². The third kappa shape index (κ3) is 12.4. The molecule has 0 aliphatic heterocycles. The summed E-state index contributed by atoms with van der Waals surface area (Å²) in [6, 6.07) is 4.73. The van der Waals surface area contributed by atoms with Crippen LogP contribution in [0.25, 0.3) is 0 Å². The standard InChI is InChI=1S/C26H40N4O7/c1-15(2)12-20(29-23(33)18(27)14-17-8-6-5-7-9-17)25(35)28-19(10-11-22(31)32)24(34)30-21(26(36)37)13-16(3)4/h5-9,15-16,18-21H,10-14,27H2,1-4H3,(H,28,35)(H,29,33)(H,30,34)(H,31,32)(H,36,37). The van der Waals surface area contributed by atoms with Crippen molar-refractivity contribution in [2.45, 2.75) is 84.0 Å². The normalized spacial score (nSPS) is 14.4. The number of carbonyl (C=O) groups excluding carboxylic acids is 3. The molecule has 0 fully saturated rings. The number of benzene rings is 1. The number of carbonyl (C=O) groups is 5. The summed E-state index contributed by atoms with van der Waals surface area (Å²) in [6.07, 6.45) is -0.0149. The van der Waals surface area contributed by atoms with E-state index in [2.05, 4.69) is 16.0 Å². The largest absolute Gasteiger partial charge is 0.481 e. The molecule has 0 spiro atoms. The summed E-state index contributed by atoms with van der Waals surface area (Å²) in [5.74, 6) is -4.48. The number of carboxylic acids is 2. The highest BCUT2D eigenvalue weighted by molar-refractivity contribution is 5.94. The molecule has 1 aromatic rings. The lowest BCUT2D eigenvalue weighted by molar-refractivity contribution is -0.143. The zero-order chi connectivity index (χ0) is 28.1. The number of nitrogens with one attached hydrogen (secondary N) is 3. The van der Waals surface area contributed by atoms with Gasteiger partial charge in [-0.15, -0.1) is 0 Å². The molecule has 3 amide bonds. The number of amides is 3. The molecule has 7 N–H and O–H groups in total. The Bertz CT molecular complexity index is 921. The lowest BCUT2D eigenvalue weighted by atomic mass is 10.00. The fourth-order valence-electron chi connectivity index (χ4n) is 3.72. The molecule has 37 heavy (non-hydrogen) atoms. The van der Waals surface area contributed by atoms with E-state index in [1.54, 1.807) is 13.8 Å². The van der Waals surface area contributed by atoms with Gasteiger partial charge in [0.15, 0.2) is 0 Å². The summed E-state index contributed by atoms with van der Waals surface area (Å²) in [5, 5.41) is 26.1. The predicted octanol–water partition coefficient (Wildman–Crippen LogP) is 1.05. The quantitative estimate of drug-likeness (QED) is 0.186. The maximum atomic E-state index is 13.1. The van der Waals surface area contributed by atoms with Crippen molar-refractivity contribution in [3.63, 3.8) is 0 Å².